The largest absolute Gasteiger partial charge is 0.379 e. The molecule has 1 aliphatic heterocycles. The Hall–Kier alpha value is -1.95. The van der Waals surface area contributed by atoms with Crippen LogP contribution >= 0.6 is 11.6 Å². The topological polar surface area (TPSA) is 42.7 Å². The van der Waals surface area contributed by atoms with Crippen molar-refractivity contribution < 1.29 is 4.74 Å². The second kappa shape index (κ2) is 6.28. The van der Waals surface area contributed by atoms with E-state index in [2.05, 4.69) is 15.0 Å². The summed E-state index contributed by atoms with van der Waals surface area (Å²) >= 11 is 5.94. The molecular formula is C17H17ClN4O. The van der Waals surface area contributed by atoms with Crippen LogP contribution in [0.4, 0.5) is 0 Å². The van der Waals surface area contributed by atoms with E-state index in [1.54, 1.807) is 0 Å². The third kappa shape index (κ3) is 3.22. The molecule has 4 rings (SSSR count). The van der Waals surface area contributed by atoms with Gasteiger partial charge in [0.25, 0.3) is 0 Å². The zero-order valence-electron chi connectivity index (χ0n) is 12.7. The highest BCUT2D eigenvalue weighted by molar-refractivity contribution is 6.30. The number of ether oxygens (including phenoxy) is 1. The summed E-state index contributed by atoms with van der Waals surface area (Å²) in [6, 6.07) is 11.7. The molecule has 5 nitrogen and oxygen atoms in total. The van der Waals surface area contributed by atoms with Crippen molar-refractivity contribution in [2.75, 3.05) is 26.3 Å². The molecule has 23 heavy (non-hydrogen) atoms. The van der Waals surface area contributed by atoms with Crippen LogP contribution in [-0.2, 0) is 11.3 Å². The van der Waals surface area contributed by atoms with Crippen molar-refractivity contribution in [1.29, 1.82) is 0 Å². The van der Waals surface area contributed by atoms with Gasteiger partial charge >= 0.3 is 0 Å². The smallest absolute Gasteiger partial charge is 0.153 e. The van der Waals surface area contributed by atoms with E-state index in [0.29, 0.717) is 0 Å². The van der Waals surface area contributed by atoms with Crippen molar-refractivity contribution in [1.82, 2.24) is 19.5 Å². The molecule has 0 atom stereocenters. The van der Waals surface area contributed by atoms with Crippen LogP contribution in [0.5, 0.6) is 0 Å². The molecule has 1 aliphatic rings. The minimum Gasteiger partial charge on any atom is -0.379 e. The van der Waals surface area contributed by atoms with Crippen LogP contribution in [0.3, 0.4) is 0 Å². The van der Waals surface area contributed by atoms with Gasteiger partial charge in [-0.25, -0.2) is 9.50 Å². The van der Waals surface area contributed by atoms with Gasteiger partial charge in [-0.05, 0) is 24.3 Å². The summed E-state index contributed by atoms with van der Waals surface area (Å²) in [6.45, 7) is 4.34. The Kier molecular flexibility index (Phi) is 3.99. The van der Waals surface area contributed by atoms with E-state index in [0.717, 1.165) is 60.5 Å². The zero-order valence-corrected chi connectivity index (χ0v) is 13.4. The van der Waals surface area contributed by atoms with Gasteiger partial charge in [-0.1, -0.05) is 23.7 Å². The number of hydrogen-bond donors (Lipinski definition) is 0. The summed E-state index contributed by atoms with van der Waals surface area (Å²) in [5.41, 5.74) is 3.85. The highest BCUT2D eigenvalue weighted by Crippen LogP contribution is 2.20. The number of hydrogen-bond acceptors (Lipinski definition) is 4. The van der Waals surface area contributed by atoms with Crippen molar-refractivity contribution in [2.45, 2.75) is 6.54 Å². The van der Waals surface area contributed by atoms with Crippen molar-refractivity contribution in [3.05, 3.63) is 53.3 Å². The molecule has 2 aromatic heterocycles. The van der Waals surface area contributed by atoms with Crippen molar-refractivity contribution in [3.8, 4) is 11.3 Å². The fourth-order valence-corrected chi connectivity index (χ4v) is 2.90. The maximum absolute atomic E-state index is 5.94. The molecule has 0 unspecified atom stereocenters. The molecule has 0 radical (unpaired) electrons. The van der Waals surface area contributed by atoms with Gasteiger partial charge in [-0.3, -0.25) is 4.90 Å². The molecule has 0 bridgehead atoms. The van der Waals surface area contributed by atoms with E-state index in [1.165, 1.54) is 0 Å². The Balaban J connectivity index is 1.60. The predicted molar refractivity (Wildman–Crippen MR) is 89.5 cm³/mol. The highest BCUT2D eigenvalue weighted by atomic mass is 35.5. The first-order valence-corrected chi connectivity index (χ1v) is 8.07. The minimum atomic E-state index is 0.727. The van der Waals surface area contributed by atoms with E-state index >= 15 is 0 Å². The summed E-state index contributed by atoms with van der Waals surface area (Å²) in [4.78, 5) is 7.01. The number of aromatic nitrogens is 3. The number of halogens is 1. The monoisotopic (exact) mass is 328 g/mol. The van der Waals surface area contributed by atoms with Crippen LogP contribution in [0.25, 0.3) is 16.9 Å². The Bertz CT molecular complexity index is 809. The molecule has 118 valence electrons. The second-order valence-electron chi connectivity index (χ2n) is 5.65. The van der Waals surface area contributed by atoms with Gasteiger partial charge in [0.2, 0.25) is 0 Å². The molecule has 6 heteroatoms. The molecule has 0 spiro atoms. The molecule has 1 saturated heterocycles. The first-order valence-electron chi connectivity index (χ1n) is 7.69. The minimum absolute atomic E-state index is 0.727. The summed E-state index contributed by atoms with van der Waals surface area (Å²) in [7, 11) is 0. The number of benzene rings is 1. The van der Waals surface area contributed by atoms with Crippen molar-refractivity contribution in [3.63, 3.8) is 0 Å². The van der Waals surface area contributed by atoms with E-state index in [-0.39, 0.29) is 0 Å². The lowest BCUT2D eigenvalue weighted by molar-refractivity contribution is 0.0337. The zero-order chi connectivity index (χ0) is 15.6. The van der Waals surface area contributed by atoms with E-state index in [4.69, 9.17) is 16.3 Å². The van der Waals surface area contributed by atoms with Gasteiger partial charge in [-0.2, -0.15) is 5.10 Å². The number of morpholine rings is 1. The van der Waals surface area contributed by atoms with Crippen molar-refractivity contribution >= 4 is 17.2 Å². The highest BCUT2D eigenvalue weighted by Gasteiger charge is 2.13. The molecule has 0 saturated carbocycles. The average Bonchev–Trinajstić information content (AvgIpc) is 2.98. The van der Waals surface area contributed by atoms with Gasteiger partial charge in [0.05, 0.1) is 30.8 Å². The van der Waals surface area contributed by atoms with Crippen LogP contribution in [0.2, 0.25) is 5.02 Å². The van der Waals surface area contributed by atoms with Crippen LogP contribution in [0, 0.1) is 0 Å². The Morgan fingerprint density at radius 3 is 2.61 bits per heavy atom. The van der Waals surface area contributed by atoms with E-state index in [1.807, 2.05) is 47.1 Å². The van der Waals surface area contributed by atoms with Gasteiger partial charge < -0.3 is 4.74 Å². The maximum Gasteiger partial charge on any atom is 0.153 e. The summed E-state index contributed by atoms with van der Waals surface area (Å²) in [6.07, 6.45) is 2.00. The summed E-state index contributed by atoms with van der Waals surface area (Å²) in [5, 5.41) is 5.38. The summed E-state index contributed by atoms with van der Waals surface area (Å²) < 4.78 is 7.23. The molecule has 3 heterocycles. The van der Waals surface area contributed by atoms with E-state index < -0.39 is 0 Å². The lowest BCUT2D eigenvalue weighted by atomic mass is 10.1. The molecular weight excluding hydrogens is 312 g/mol. The van der Waals surface area contributed by atoms with Gasteiger partial charge in [-0.15, -0.1) is 0 Å². The lowest BCUT2D eigenvalue weighted by Gasteiger charge is -2.25. The standard InChI is InChI=1S/C17H17ClN4O/c18-14-3-1-13(2-4-14)16-5-6-17-19-15(12-22(17)20-16)11-21-7-9-23-10-8-21/h1-6,12H,7-11H2. The van der Waals surface area contributed by atoms with Gasteiger partial charge in [0, 0.05) is 30.2 Å². The van der Waals surface area contributed by atoms with E-state index in [9.17, 15) is 0 Å². The average molecular weight is 329 g/mol. The van der Waals surface area contributed by atoms with Crippen LogP contribution in [-0.4, -0.2) is 45.8 Å². The molecule has 0 aliphatic carbocycles. The number of nitrogens with zero attached hydrogens (tertiary/aromatic N) is 4. The predicted octanol–water partition coefficient (Wildman–Crippen LogP) is 2.88. The third-order valence-electron chi connectivity index (χ3n) is 4.00. The Morgan fingerprint density at radius 1 is 1.04 bits per heavy atom. The van der Waals surface area contributed by atoms with Crippen LogP contribution in [0.1, 0.15) is 5.69 Å². The van der Waals surface area contributed by atoms with Gasteiger partial charge in [0.15, 0.2) is 5.65 Å². The number of fused-ring (bicyclic) bond motifs is 1. The van der Waals surface area contributed by atoms with Crippen LogP contribution in [0.15, 0.2) is 42.6 Å². The number of imidazole rings is 1. The van der Waals surface area contributed by atoms with Crippen molar-refractivity contribution in [2.24, 2.45) is 0 Å². The second-order valence-corrected chi connectivity index (χ2v) is 6.09. The Morgan fingerprint density at radius 2 is 1.83 bits per heavy atom. The third-order valence-corrected chi connectivity index (χ3v) is 4.25. The van der Waals surface area contributed by atoms with Gasteiger partial charge in [0.1, 0.15) is 0 Å². The molecule has 0 amide bonds. The fraction of sp³-hybridized carbons (Fsp3) is 0.294. The van der Waals surface area contributed by atoms with Crippen LogP contribution < -0.4 is 0 Å². The molecule has 1 aromatic carbocycles. The molecule has 1 fully saturated rings. The molecule has 3 aromatic rings. The lowest BCUT2D eigenvalue weighted by Crippen LogP contribution is -2.35. The quantitative estimate of drug-likeness (QED) is 0.741. The first-order chi connectivity index (χ1) is 11.3. The fourth-order valence-electron chi connectivity index (χ4n) is 2.77. The summed E-state index contributed by atoms with van der Waals surface area (Å²) in [5.74, 6) is 0. The maximum atomic E-state index is 5.94. The normalized spacial score (nSPS) is 16.0. The SMILES string of the molecule is Clc1ccc(-c2ccc3nc(CN4CCOCC4)cn3n2)cc1. The number of rotatable bonds is 3. The molecule has 0 N–H and O–H groups in total. The first kappa shape index (κ1) is 14.6. The Labute approximate surface area is 139 Å².